The second kappa shape index (κ2) is 8.87. The fourth-order valence-electron chi connectivity index (χ4n) is 2.46. The van der Waals surface area contributed by atoms with Gasteiger partial charge < -0.3 is 15.4 Å². The van der Waals surface area contributed by atoms with Crippen LogP contribution >= 0.6 is 0 Å². The van der Waals surface area contributed by atoms with Gasteiger partial charge in [-0.15, -0.1) is 0 Å². The Morgan fingerprint density at radius 1 is 1.08 bits per heavy atom. The van der Waals surface area contributed by atoms with Gasteiger partial charge in [0.25, 0.3) is 5.91 Å². The third-order valence-electron chi connectivity index (χ3n) is 3.58. The average Bonchev–Trinajstić information content (AvgIpc) is 2.58. The lowest BCUT2D eigenvalue weighted by Gasteiger charge is -2.23. The lowest BCUT2D eigenvalue weighted by molar-refractivity contribution is -0.118. The first kappa shape index (κ1) is 18.5. The van der Waals surface area contributed by atoms with Crippen LogP contribution < -0.4 is 10.5 Å². The predicted molar refractivity (Wildman–Crippen MR) is 97.2 cm³/mol. The smallest absolute Gasteiger partial charge is 0.254 e. The van der Waals surface area contributed by atoms with Gasteiger partial charge in [-0.3, -0.25) is 9.59 Å². The summed E-state index contributed by atoms with van der Waals surface area (Å²) in [7, 11) is 0. The van der Waals surface area contributed by atoms with Crippen LogP contribution in [-0.2, 0) is 11.3 Å². The van der Waals surface area contributed by atoms with Crippen molar-refractivity contribution in [2.24, 2.45) is 5.73 Å². The van der Waals surface area contributed by atoms with Gasteiger partial charge in [0.05, 0.1) is 6.10 Å². The third-order valence-corrected chi connectivity index (χ3v) is 3.58. The SMILES string of the molecule is CC(C)Oc1cccc(C(=O)N(CCC(N)=O)Cc2ccccc2)c1. The minimum absolute atomic E-state index is 0.0284. The van der Waals surface area contributed by atoms with Crippen LogP contribution in [0.5, 0.6) is 5.75 Å². The maximum atomic E-state index is 12.9. The number of primary amides is 1. The molecular weight excluding hydrogens is 316 g/mol. The summed E-state index contributed by atoms with van der Waals surface area (Å²) in [5, 5.41) is 0. The van der Waals surface area contributed by atoms with E-state index in [1.165, 1.54) is 0 Å². The highest BCUT2D eigenvalue weighted by atomic mass is 16.5. The van der Waals surface area contributed by atoms with Gasteiger partial charge in [-0.25, -0.2) is 0 Å². The van der Waals surface area contributed by atoms with E-state index in [0.29, 0.717) is 17.9 Å². The molecule has 25 heavy (non-hydrogen) atoms. The molecule has 132 valence electrons. The van der Waals surface area contributed by atoms with E-state index in [4.69, 9.17) is 10.5 Å². The number of amides is 2. The van der Waals surface area contributed by atoms with E-state index in [9.17, 15) is 9.59 Å². The number of benzene rings is 2. The van der Waals surface area contributed by atoms with Crippen molar-refractivity contribution in [3.05, 3.63) is 65.7 Å². The molecule has 0 aliphatic heterocycles. The Kier molecular flexibility index (Phi) is 6.57. The van der Waals surface area contributed by atoms with Crippen molar-refractivity contribution in [2.45, 2.75) is 32.9 Å². The van der Waals surface area contributed by atoms with Crippen molar-refractivity contribution in [1.82, 2.24) is 4.90 Å². The number of hydrogen-bond donors (Lipinski definition) is 1. The van der Waals surface area contributed by atoms with Crippen LogP contribution in [0.25, 0.3) is 0 Å². The Labute approximate surface area is 148 Å². The fourth-order valence-corrected chi connectivity index (χ4v) is 2.46. The largest absolute Gasteiger partial charge is 0.491 e. The van der Waals surface area contributed by atoms with E-state index in [2.05, 4.69) is 0 Å². The summed E-state index contributed by atoms with van der Waals surface area (Å²) in [4.78, 5) is 25.7. The van der Waals surface area contributed by atoms with Crippen molar-refractivity contribution >= 4 is 11.8 Å². The van der Waals surface area contributed by atoms with Gasteiger partial charge in [0.1, 0.15) is 5.75 Å². The van der Waals surface area contributed by atoms with Crippen LogP contribution in [0.15, 0.2) is 54.6 Å². The molecule has 2 aromatic carbocycles. The highest BCUT2D eigenvalue weighted by Crippen LogP contribution is 2.18. The highest BCUT2D eigenvalue weighted by molar-refractivity contribution is 5.94. The molecule has 0 aromatic heterocycles. The zero-order chi connectivity index (χ0) is 18.2. The topological polar surface area (TPSA) is 72.6 Å². The first-order valence-electron chi connectivity index (χ1n) is 8.34. The normalized spacial score (nSPS) is 10.5. The van der Waals surface area contributed by atoms with Gasteiger partial charge in [-0.1, -0.05) is 36.4 Å². The van der Waals surface area contributed by atoms with Gasteiger partial charge >= 0.3 is 0 Å². The van der Waals surface area contributed by atoms with Gasteiger partial charge in [0, 0.05) is 25.1 Å². The molecule has 5 heteroatoms. The lowest BCUT2D eigenvalue weighted by atomic mass is 10.1. The Bertz CT molecular complexity index is 714. The Morgan fingerprint density at radius 3 is 2.44 bits per heavy atom. The molecule has 0 aliphatic carbocycles. The monoisotopic (exact) mass is 340 g/mol. The zero-order valence-corrected chi connectivity index (χ0v) is 14.6. The van der Waals surface area contributed by atoms with Crippen LogP contribution in [0.2, 0.25) is 0 Å². The molecule has 2 amide bonds. The molecule has 0 fully saturated rings. The summed E-state index contributed by atoms with van der Waals surface area (Å²) < 4.78 is 5.66. The molecule has 0 atom stereocenters. The minimum Gasteiger partial charge on any atom is -0.491 e. The molecule has 0 radical (unpaired) electrons. The van der Waals surface area contributed by atoms with Crippen LogP contribution in [0, 0.1) is 0 Å². The van der Waals surface area contributed by atoms with E-state index in [-0.39, 0.29) is 25.0 Å². The summed E-state index contributed by atoms with van der Waals surface area (Å²) in [5.74, 6) is 0.0671. The van der Waals surface area contributed by atoms with Crippen molar-refractivity contribution < 1.29 is 14.3 Å². The number of nitrogens with two attached hydrogens (primary N) is 1. The van der Waals surface area contributed by atoms with Gasteiger partial charge in [0.15, 0.2) is 0 Å². The average molecular weight is 340 g/mol. The maximum Gasteiger partial charge on any atom is 0.254 e. The summed E-state index contributed by atoms with van der Waals surface area (Å²) in [5.41, 5.74) is 6.78. The van der Waals surface area contributed by atoms with Crippen LogP contribution in [0.4, 0.5) is 0 Å². The maximum absolute atomic E-state index is 12.9. The molecule has 0 aliphatic rings. The van der Waals surface area contributed by atoms with E-state index in [0.717, 1.165) is 5.56 Å². The van der Waals surface area contributed by atoms with Crippen LogP contribution in [-0.4, -0.2) is 29.4 Å². The van der Waals surface area contributed by atoms with Crippen LogP contribution in [0.3, 0.4) is 0 Å². The fraction of sp³-hybridized carbons (Fsp3) is 0.300. The summed E-state index contributed by atoms with van der Waals surface area (Å²) in [6.07, 6.45) is 0.154. The molecule has 2 rings (SSSR count). The van der Waals surface area contributed by atoms with E-state index in [1.807, 2.05) is 50.2 Å². The number of ether oxygens (including phenoxy) is 1. The molecule has 0 unspecified atom stereocenters. The van der Waals surface area contributed by atoms with Crippen LogP contribution in [0.1, 0.15) is 36.2 Å². The summed E-state index contributed by atoms with van der Waals surface area (Å²) in [6.45, 7) is 4.56. The molecule has 0 spiro atoms. The third kappa shape index (κ3) is 5.95. The quantitative estimate of drug-likeness (QED) is 0.803. The number of carbonyl (C=O) groups excluding carboxylic acids is 2. The molecule has 2 aromatic rings. The van der Waals surface area contributed by atoms with E-state index < -0.39 is 5.91 Å². The Morgan fingerprint density at radius 2 is 1.80 bits per heavy atom. The van der Waals surface area contributed by atoms with E-state index in [1.54, 1.807) is 23.1 Å². The number of hydrogen-bond acceptors (Lipinski definition) is 3. The van der Waals surface area contributed by atoms with Crippen molar-refractivity contribution in [3.8, 4) is 5.75 Å². The first-order chi connectivity index (χ1) is 12.0. The second-order valence-corrected chi connectivity index (χ2v) is 6.12. The van der Waals surface area contributed by atoms with Gasteiger partial charge in [-0.2, -0.15) is 0 Å². The molecule has 0 bridgehead atoms. The Hall–Kier alpha value is -2.82. The number of nitrogens with zero attached hydrogens (tertiary/aromatic N) is 1. The van der Waals surface area contributed by atoms with Gasteiger partial charge in [0.2, 0.25) is 5.91 Å². The predicted octanol–water partition coefficient (Wildman–Crippen LogP) is 2.99. The summed E-state index contributed by atoms with van der Waals surface area (Å²) in [6, 6.07) is 16.7. The molecule has 5 nitrogen and oxygen atoms in total. The zero-order valence-electron chi connectivity index (χ0n) is 14.6. The molecule has 2 N–H and O–H groups in total. The van der Waals surface area contributed by atoms with Crippen molar-refractivity contribution in [2.75, 3.05) is 6.54 Å². The number of carbonyl (C=O) groups is 2. The minimum atomic E-state index is -0.428. The first-order valence-corrected chi connectivity index (χ1v) is 8.34. The summed E-state index contributed by atoms with van der Waals surface area (Å²) >= 11 is 0. The molecular formula is C20H24N2O3. The molecule has 0 saturated carbocycles. The Balaban J connectivity index is 2.20. The van der Waals surface area contributed by atoms with E-state index >= 15 is 0 Å². The lowest BCUT2D eigenvalue weighted by Crippen LogP contribution is -2.33. The van der Waals surface area contributed by atoms with Gasteiger partial charge in [-0.05, 0) is 37.6 Å². The highest BCUT2D eigenvalue weighted by Gasteiger charge is 2.17. The van der Waals surface area contributed by atoms with Crippen molar-refractivity contribution in [1.29, 1.82) is 0 Å². The number of rotatable bonds is 8. The standard InChI is InChI=1S/C20H24N2O3/c1-15(2)25-18-10-6-9-17(13-18)20(24)22(12-11-19(21)23)14-16-7-4-3-5-8-16/h3-10,13,15H,11-12,14H2,1-2H3,(H2,21,23). The van der Waals surface area contributed by atoms with Crippen molar-refractivity contribution in [3.63, 3.8) is 0 Å². The molecule has 0 saturated heterocycles. The molecule has 0 heterocycles. The second-order valence-electron chi connectivity index (χ2n) is 6.12.